The van der Waals surface area contributed by atoms with Crippen molar-refractivity contribution in [3.63, 3.8) is 0 Å². The van der Waals surface area contributed by atoms with Gasteiger partial charge in [0, 0.05) is 0 Å². The molecule has 1 saturated heterocycles. The number of likely N-dealkylation sites (tertiary alicyclic amines) is 1. The zero-order valence-electron chi connectivity index (χ0n) is 17.7. The minimum Gasteiger partial charge on any atom is -0.443 e. The lowest BCUT2D eigenvalue weighted by atomic mass is 9.89. The van der Waals surface area contributed by atoms with Gasteiger partial charge in [0.15, 0.2) is 14.4 Å². The Hall–Kier alpha value is -0.963. The molecule has 1 rings (SSSR count). The maximum Gasteiger partial charge on any atom is 0.417 e. The molecule has 0 bridgehead atoms. The molecule has 0 aromatic rings. The first-order chi connectivity index (χ1) is 11.4. The molecular weight excluding hydrogens is 354 g/mol. The van der Waals surface area contributed by atoms with Gasteiger partial charge in [-0.25, -0.2) is 9.69 Å². The monoisotopic (exact) mass is 389 g/mol. The Labute approximate surface area is 157 Å². The summed E-state index contributed by atoms with van der Waals surface area (Å²) in [5, 5.41) is 20.6. The third-order valence-corrected chi connectivity index (χ3v) is 10.1. The number of hydrogen-bond donors (Lipinski definition) is 2. The van der Waals surface area contributed by atoms with E-state index in [0.717, 1.165) is 4.90 Å². The predicted molar refractivity (Wildman–Crippen MR) is 101 cm³/mol. The van der Waals surface area contributed by atoms with Gasteiger partial charge in [0.2, 0.25) is 0 Å². The van der Waals surface area contributed by atoms with Crippen molar-refractivity contribution >= 4 is 20.3 Å². The second kappa shape index (κ2) is 6.89. The van der Waals surface area contributed by atoms with Crippen LogP contribution in [-0.2, 0) is 14.0 Å². The summed E-state index contributed by atoms with van der Waals surface area (Å²) < 4.78 is 11.7. The van der Waals surface area contributed by atoms with Crippen molar-refractivity contribution < 1.29 is 29.0 Å². The Morgan fingerprint density at radius 3 is 2.04 bits per heavy atom. The third kappa shape index (κ3) is 4.13. The lowest BCUT2D eigenvalue weighted by Gasteiger charge is -2.46. The smallest absolute Gasteiger partial charge is 0.417 e. The van der Waals surface area contributed by atoms with Crippen LogP contribution in [0.5, 0.6) is 0 Å². The Morgan fingerprint density at radius 2 is 1.65 bits per heavy atom. The van der Waals surface area contributed by atoms with Crippen LogP contribution in [0.25, 0.3) is 0 Å². The number of amides is 2. The molecule has 1 fully saturated rings. The van der Waals surface area contributed by atoms with Crippen molar-refractivity contribution in [2.75, 3.05) is 0 Å². The van der Waals surface area contributed by atoms with E-state index in [1.54, 1.807) is 34.6 Å². The van der Waals surface area contributed by atoms with Crippen LogP contribution in [0.1, 0.15) is 55.4 Å². The molecule has 4 atom stereocenters. The molecule has 8 heteroatoms. The molecule has 0 radical (unpaired) electrons. The van der Waals surface area contributed by atoms with E-state index in [1.807, 2.05) is 13.1 Å². The van der Waals surface area contributed by atoms with Crippen molar-refractivity contribution in [3.8, 4) is 0 Å². The molecule has 2 unspecified atom stereocenters. The number of imide groups is 1. The second-order valence-electron chi connectivity index (χ2n) is 9.79. The number of carbonyl (C=O) groups is 2. The summed E-state index contributed by atoms with van der Waals surface area (Å²) in [6.45, 7) is 18.6. The van der Waals surface area contributed by atoms with Gasteiger partial charge in [-0.05, 0) is 52.8 Å². The van der Waals surface area contributed by atoms with Crippen LogP contribution < -0.4 is 0 Å². The molecule has 0 aromatic heterocycles. The minimum atomic E-state index is -2.25. The fourth-order valence-corrected chi connectivity index (χ4v) is 4.19. The highest BCUT2D eigenvalue weighted by atomic mass is 28.4. The first kappa shape index (κ1) is 23.1. The van der Waals surface area contributed by atoms with Crippen LogP contribution in [0.2, 0.25) is 18.1 Å². The van der Waals surface area contributed by atoms with Crippen LogP contribution in [0.3, 0.4) is 0 Å². The van der Waals surface area contributed by atoms with Gasteiger partial charge in [0.05, 0.1) is 6.10 Å². The Bertz CT molecular complexity index is 565. The Kier molecular flexibility index (Phi) is 6.11. The van der Waals surface area contributed by atoms with E-state index in [4.69, 9.17) is 9.16 Å². The van der Waals surface area contributed by atoms with E-state index in [2.05, 4.69) is 20.8 Å². The summed E-state index contributed by atoms with van der Waals surface area (Å²) >= 11 is 0. The SMILES string of the molecule is C[C@H](O[Si](C)(C)C(C)(C)C)[C@]1(C)C(O)C(O)C(=O)N1C(=O)OC(C)(C)C. The molecule has 0 spiro atoms. The largest absolute Gasteiger partial charge is 0.443 e. The van der Waals surface area contributed by atoms with Crippen LogP contribution in [0.15, 0.2) is 0 Å². The number of aliphatic hydroxyl groups is 2. The molecule has 2 amide bonds. The number of nitrogens with zero attached hydrogens (tertiary/aromatic N) is 1. The molecule has 0 aromatic carbocycles. The number of rotatable bonds is 3. The Morgan fingerprint density at radius 1 is 1.19 bits per heavy atom. The topological polar surface area (TPSA) is 96.3 Å². The number of carbonyl (C=O) groups excluding carboxylic acids is 2. The highest BCUT2D eigenvalue weighted by Crippen LogP contribution is 2.42. The quantitative estimate of drug-likeness (QED) is 0.721. The summed E-state index contributed by atoms with van der Waals surface area (Å²) in [6, 6.07) is 0. The van der Waals surface area contributed by atoms with Gasteiger partial charge in [-0.1, -0.05) is 20.8 Å². The van der Waals surface area contributed by atoms with E-state index in [0.29, 0.717) is 0 Å². The van der Waals surface area contributed by atoms with Gasteiger partial charge in [-0.2, -0.15) is 0 Å². The van der Waals surface area contributed by atoms with Gasteiger partial charge >= 0.3 is 6.09 Å². The fourth-order valence-electron chi connectivity index (χ4n) is 2.71. The summed E-state index contributed by atoms with van der Waals surface area (Å²) in [7, 11) is -2.25. The standard InChI is InChI=1S/C18H35NO6Si/c1-11(25-26(9,10)17(5,6)7)18(8)13(21)12(20)14(22)19(18)15(23)24-16(2,3)4/h11-13,20-21H,1-10H3/t11-,12?,13?,18+/m0/s1. The predicted octanol–water partition coefficient (Wildman–Crippen LogP) is 2.65. The zero-order chi connectivity index (χ0) is 20.9. The lowest BCUT2D eigenvalue weighted by molar-refractivity contribution is -0.137. The normalized spacial score (nSPS) is 29.1. The number of hydrogen-bond acceptors (Lipinski definition) is 6. The van der Waals surface area contributed by atoms with Crippen LogP contribution in [0, 0.1) is 0 Å². The summed E-state index contributed by atoms with van der Waals surface area (Å²) in [4.78, 5) is 26.0. The molecular formula is C18H35NO6Si. The van der Waals surface area contributed by atoms with Gasteiger partial charge in [-0.3, -0.25) is 4.79 Å². The number of ether oxygens (including phenoxy) is 1. The van der Waals surface area contributed by atoms with E-state index < -0.39 is 49.8 Å². The first-order valence-electron chi connectivity index (χ1n) is 8.97. The average Bonchev–Trinajstić information content (AvgIpc) is 2.57. The van der Waals surface area contributed by atoms with Gasteiger partial charge in [-0.15, -0.1) is 0 Å². The van der Waals surface area contributed by atoms with Gasteiger partial charge in [0.25, 0.3) is 5.91 Å². The molecule has 0 aliphatic carbocycles. The van der Waals surface area contributed by atoms with Crippen LogP contribution in [-0.4, -0.2) is 64.9 Å². The van der Waals surface area contributed by atoms with E-state index in [-0.39, 0.29) is 5.04 Å². The fraction of sp³-hybridized carbons (Fsp3) is 0.889. The molecule has 0 saturated carbocycles. The van der Waals surface area contributed by atoms with Gasteiger partial charge < -0.3 is 19.4 Å². The van der Waals surface area contributed by atoms with Crippen molar-refractivity contribution in [1.29, 1.82) is 0 Å². The molecule has 152 valence electrons. The lowest BCUT2D eigenvalue weighted by Crippen LogP contribution is -2.62. The van der Waals surface area contributed by atoms with Crippen molar-refractivity contribution in [3.05, 3.63) is 0 Å². The third-order valence-electron chi connectivity index (χ3n) is 5.53. The zero-order valence-corrected chi connectivity index (χ0v) is 18.7. The molecule has 2 N–H and O–H groups in total. The summed E-state index contributed by atoms with van der Waals surface area (Å²) in [6.07, 6.45) is -4.75. The van der Waals surface area contributed by atoms with E-state index >= 15 is 0 Å². The van der Waals surface area contributed by atoms with Crippen LogP contribution in [0.4, 0.5) is 4.79 Å². The average molecular weight is 390 g/mol. The van der Waals surface area contributed by atoms with Crippen LogP contribution >= 0.6 is 0 Å². The minimum absolute atomic E-state index is 0.0967. The number of aliphatic hydroxyl groups excluding tert-OH is 2. The highest BCUT2D eigenvalue weighted by Gasteiger charge is 2.62. The molecule has 1 aliphatic heterocycles. The maximum absolute atomic E-state index is 12.7. The molecule has 26 heavy (non-hydrogen) atoms. The maximum atomic E-state index is 12.7. The first-order valence-corrected chi connectivity index (χ1v) is 11.9. The summed E-state index contributed by atoms with van der Waals surface area (Å²) in [5.74, 6) is -0.875. The molecule has 7 nitrogen and oxygen atoms in total. The highest BCUT2D eigenvalue weighted by molar-refractivity contribution is 6.74. The Balaban J connectivity index is 3.28. The molecule has 1 aliphatic rings. The van der Waals surface area contributed by atoms with Gasteiger partial charge in [0.1, 0.15) is 17.2 Å². The molecule has 1 heterocycles. The van der Waals surface area contributed by atoms with Crippen molar-refractivity contribution in [1.82, 2.24) is 4.90 Å². The summed E-state index contributed by atoms with van der Waals surface area (Å²) in [5.41, 5.74) is -2.26. The van der Waals surface area contributed by atoms with E-state index in [9.17, 15) is 19.8 Å². The van der Waals surface area contributed by atoms with E-state index in [1.165, 1.54) is 0 Å². The second-order valence-corrected chi connectivity index (χ2v) is 14.5. The van der Waals surface area contributed by atoms with Crippen molar-refractivity contribution in [2.45, 2.75) is 103 Å². The van der Waals surface area contributed by atoms with Crippen molar-refractivity contribution in [2.24, 2.45) is 0 Å².